The van der Waals surface area contributed by atoms with Crippen molar-refractivity contribution in [2.75, 3.05) is 0 Å². The molecule has 2 amide bonds. The first-order chi connectivity index (χ1) is 11.0. The Morgan fingerprint density at radius 3 is 2.78 bits per heavy atom. The lowest BCUT2D eigenvalue weighted by atomic mass is 9.80. The van der Waals surface area contributed by atoms with Crippen LogP contribution in [0, 0.1) is 5.92 Å². The van der Waals surface area contributed by atoms with E-state index in [0.29, 0.717) is 10.7 Å². The van der Waals surface area contributed by atoms with Crippen molar-refractivity contribution in [2.45, 2.75) is 51.0 Å². The molecule has 1 saturated carbocycles. The molecular weight excluding hydrogens is 318 g/mol. The van der Waals surface area contributed by atoms with Gasteiger partial charge in [0.25, 0.3) is 0 Å². The quantitative estimate of drug-likeness (QED) is 0.780. The van der Waals surface area contributed by atoms with Crippen molar-refractivity contribution in [1.29, 1.82) is 0 Å². The minimum atomic E-state index is -0.579. The van der Waals surface area contributed by atoms with Gasteiger partial charge in [0.2, 0.25) is 11.8 Å². The fourth-order valence-electron chi connectivity index (χ4n) is 3.14. The maximum atomic E-state index is 12.8. The molecular formula is C15H19N3O4S. The van der Waals surface area contributed by atoms with Gasteiger partial charge in [-0.2, -0.15) is 0 Å². The fraction of sp³-hybridized carbons (Fsp3) is 0.600. The van der Waals surface area contributed by atoms with Gasteiger partial charge in [-0.05, 0) is 19.3 Å². The zero-order chi connectivity index (χ0) is 16.6. The number of ketones is 1. The summed E-state index contributed by atoms with van der Waals surface area (Å²) in [4.78, 5) is 35.8. The van der Waals surface area contributed by atoms with Crippen LogP contribution in [0.4, 0.5) is 0 Å². The molecule has 2 aliphatic heterocycles. The number of Topliss-reactive ketones (excluding diaryl/α,β-unsaturated/α-hetero) is 1. The van der Waals surface area contributed by atoms with E-state index < -0.39 is 5.37 Å². The van der Waals surface area contributed by atoms with E-state index in [9.17, 15) is 14.4 Å². The molecule has 0 saturated heterocycles. The van der Waals surface area contributed by atoms with E-state index in [4.69, 9.17) is 4.74 Å². The molecule has 3 rings (SSSR count). The molecule has 0 aromatic heterocycles. The molecule has 7 nitrogen and oxygen atoms in total. The Bertz CT molecular complexity index is 616. The van der Waals surface area contributed by atoms with Crippen LogP contribution in [-0.4, -0.2) is 39.3 Å². The van der Waals surface area contributed by atoms with Crippen LogP contribution in [0.15, 0.2) is 16.9 Å². The van der Waals surface area contributed by atoms with Crippen LogP contribution in [0.25, 0.3) is 0 Å². The van der Waals surface area contributed by atoms with E-state index in [1.54, 1.807) is 0 Å². The number of ether oxygens (including phenoxy) is 1. The number of amidine groups is 1. The number of carbonyl (C=O) groups excluding carboxylic acids is 3. The van der Waals surface area contributed by atoms with Crippen molar-refractivity contribution in [2.24, 2.45) is 11.0 Å². The molecule has 0 spiro atoms. The molecule has 3 unspecified atom stereocenters. The lowest BCUT2D eigenvalue weighted by molar-refractivity contribution is -0.131. The van der Waals surface area contributed by atoms with Crippen molar-refractivity contribution in [1.82, 2.24) is 10.3 Å². The van der Waals surface area contributed by atoms with Crippen LogP contribution < -0.4 is 5.32 Å². The Kier molecular flexibility index (Phi) is 4.43. The lowest BCUT2D eigenvalue weighted by Crippen LogP contribution is -2.42. The van der Waals surface area contributed by atoms with E-state index in [2.05, 4.69) is 10.4 Å². The maximum Gasteiger partial charge on any atom is 0.241 e. The minimum Gasteiger partial charge on any atom is -0.497 e. The van der Waals surface area contributed by atoms with Crippen molar-refractivity contribution >= 4 is 34.5 Å². The van der Waals surface area contributed by atoms with Crippen LogP contribution in [0.2, 0.25) is 0 Å². The van der Waals surface area contributed by atoms with Crippen molar-refractivity contribution in [3.05, 3.63) is 11.8 Å². The number of carbonyl (C=O) groups is 3. The molecule has 1 fully saturated rings. The summed E-state index contributed by atoms with van der Waals surface area (Å²) in [7, 11) is 0. The number of nitrogens with one attached hydrogen (secondary N) is 1. The SMILES string of the molecule is CC(=O)NC1=NN(C(C)=O)C(C2=COC3CCCCC3C2=O)S1. The van der Waals surface area contributed by atoms with Crippen LogP contribution in [0.3, 0.4) is 0 Å². The van der Waals surface area contributed by atoms with Crippen molar-refractivity contribution in [3.63, 3.8) is 0 Å². The summed E-state index contributed by atoms with van der Waals surface area (Å²) in [5.74, 6) is -0.665. The Balaban J connectivity index is 1.82. The zero-order valence-electron chi connectivity index (χ0n) is 13.1. The standard InChI is InChI=1S/C15H19N3O4S/c1-8(19)16-15-17-18(9(2)20)14(23-15)11-7-22-12-6-4-3-5-10(12)13(11)21/h7,10,12,14H,3-6H2,1-2H3,(H,16,17,19). The number of thioether (sulfide) groups is 1. The van der Waals surface area contributed by atoms with Gasteiger partial charge < -0.3 is 10.1 Å². The number of nitrogens with zero attached hydrogens (tertiary/aromatic N) is 2. The first-order valence-electron chi connectivity index (χ1n) is 7.69. The van der Waals surface area contributed by atoms with E-state index >= 15 is 0 Å². The molecule has 3 atom stereocenters. The highest BCUT2D eigenvalue weighted by atomic mass is 32.2. The Labute approximate surface area is 138 Å². The predicted molar refractivity (Wildman–Crippen MR) is 85.1 cm³/mol. The van der Waals surface area contributed by atoms with Crippen LogP contribution >= 0.6 is 11.8 Å². The summed E-state index contributed by atoms with van der Waals surface area (Å²) >= 11 is 1.18. The molecule has 0 aromatic rings. The number of amides is 2. The van der Waals surface area contributed by atoms with Crippen LogP contribution in [0.5, 0.6) is 0 Å². The highest BCUT2D eigenvalue weighted by Crippen LogP contribution is 2.39. The van der Waals surface area contributed by atoms with E-state index in [1.165, 1.54) is 36.9 Å². The summed E-state index contributed by atoms with van der Waals surface area (Å²) in [5.41, 5.74) is 0.442. The second-order valence-corrected chi connectivity index (χ2v) is 6.99. The second-order valence-electron chi connectivity index (χ2n) is 5.92. The average molecular weight is 337 g/mol. The topological polar surface area (TPSA) is 88.1 Å². The molecule has 0 aromatic carbocycles. The molecule has 0 bridgehead atoms. The molecule has 1 aliphatic carbocycles. The van der Waals surface area contributed by atoms with Gasteiger partial charge in [0.15, 0.2) is 11.0 Å². The average Bonchev–Trinajstić information content (AvgIpc) is 2.91. The monoisotopic (exact) mass is 337 g/mol. The smallest absolute Gasteiger partial charge is 0.241 e. The number of hydrazone groups is 1. The van der Waals surface area contributed by atoms with E-state index in [1.807, 2.05) is 0 Å². The first-order valence-corrected chi connectivity index (χ1v) is 8.57. The van der Waals surface area contributed by atoms with E-state index in [0.717, 1.165) is 25.7 Å². The summed E-state index contributed by atoms with van der Waals surface area (Å²) < 4.78 is 5.75. The second kappa shape index (κ2) is 6.35. The van der Waals surface area contributed by atoms with Crippen LogP contribution in [-0.2, 0) is 19.1 Å². The zero-order valence-corrected chi connectivity index (χ0v) is 13.9. The highest BCUT2D eigenvalue weighted by Gasteiger charge is 2.44. The summed E-state index contributed by atoms with van der Waals surface area (Å²) in [6.07, 6.45) is 5.23. The van der Waals surface area contributed by atoms with Gasteiger partial charge in [0, 0.05) is 13.8 Å². The minimum absolute atomic E-state index is 0.0315. The third-order valence-electron chi connectivity index (χ3n) is 4.21. The van der Waals surface area contributed by atoms with Crippen molar-refractivity contribution < 1.29 is 19.1 Å². The summed E-state index contributed by atoms with van der Waals surface area (Å²) in [6.45, 7) is 2.75. The largest absolute Gasteiger partial charge is 0.497 e. The van der Waals surface area contributed by atoms with Crippen LogP contribution in [0.1, 0.15) is 39.5 Å². The molecule has 124 valence electrons. The van der Waals surface area contributed by atoms with Gasteiger partial charge in [-0.25, -0.2) is 5.01 Å². The third kappa shape index (κ3) is 3.12. The first kappa shape index (κ1) is 16.0. The highest BCUT2D eigenvalue weighted by molar-refractivity contribution is 8.14. The number of rotatable bonds is 1. The normalized spacial score (nSPS) is 30.1. The maximum absolute atomic E-state index is 12.8. The molecule has 23 heavy (non-hydrogen) atoms. The molecule has 8 heteroatoms. The Morgan fingerprint density at radius 1 is 1.35 bits per heavy atom. The van der Waals surface area contributed by atoms with E-state index in [-0.39, 0.29) is 29.6 Å². The number of fused-ring (bicyclic) bond motifs is 1. The Hall–Kier alpha value is -1.83. The van der Waals surface area contributed by atoms with Gasteiger partial charge in [0.05, 0.1) is 17.8 Å². The lowest BCUT2D eigenvalue weighted by Gasteiger charge is -2.35. The van der Waals surface area contributed by atoms with Gasteiger partial charge in [-0.3, -0.25) is 14.4 Å². The fourth-order valence-corrected chi connectivity index (χ4v) is 4.28. The Morgan fingerprint density at radius 2 is 2.09 bits per heavy atom. The summed E-state index contributed by atoms with van der Waals surface area (Å²) in [5, 5.41) is 7.64. The summed E-state index contributed by atoms with van der Waals surface area (Å²) in [6, 6.07) is 0. The number of hydrogen-bond acceptors (Lipinski definition) is 6. The van der Waals surface area contributed by atoms with Gasteiger partial charge in [-0.15, -0.1) is 5.10 Å². The molecule has 1 N–H and O–H groups in total. The van der Waals surface area contributed by atoms with Gasteiger partial charge in [-0.1, -0.05) is 18.2 Å². The molecule has 0 radical (unpaired) electrons. The predicted octanol–water partition coefficient (Wildman–Crippen LogP) is 1.36. The molecule has 3 aliphatic rings. The van der Waals surface area contributed by atoms with Gasteiger partial charge in [0.1, 0.15) is 11.5 Å². The number of hydrogen-bond donors (Lipinski definition) is 1. The molecule has 2 heterocycles. The van der Waals surface area contributed by atoms with Crippen molar-refractivity contribution in [3.8, 4) is 0 Å². The third-order valence-corrected chi connectivity index (χ3v) is 5.29. The van der Waals surface area contributed by atoms with Gasteiger partial charge >= 0.3 is 0 Å².